The van der Waals surface area contributed by atoms with Gasteiger partial charge in [0, 0.05) is 19.3 Å². The number of methoxy groups -OCH3 is 2. The van der Waals surface area contributed by atoms with Crippen LogP contribution in [-0.2, 0) is 14.3 Å². The molecule has 3 rings (SSSR count). The molecule has 2 aromatic rings. The van der Waals surface area contributed by atoms with Crippen LogP contribution in [0.1, 0.15) is 19.3 Å². The summed E-state index contributed by atoms with van der Waals surface area (Å²) in [4.78, 5) is 26.6. The first-order valence-corrected chi connectivity index (χ1v) is 9.46. The van der Waals surface area contributed by atoms with Gasteiger partial charge in [-0.15, -0.1) is 0 Å². The van der Waals surface area contributed by atoms with Gasteiger partial charge in [-0.05, 0) is 48.2 Å². The molecule has 1 fully saturated rings. The number of nitrogens with one attached hydrogen (secondary N) is 1. The molecule has 1 atom stereocenters. The van der Waals surface area contributed by atoms with Crippen LogP contribution in [0.15, 0.2) is 48.5 Å². The summed E-state index contributed by atoms with van der Waals surface area (Å²) in [6, 6.07) is 15.1. The highest BCUT2D eigenvalue weighted by molar-refractivity contribution is 5.97. The molecule has 0 aromatic heterocycles. The number of hydrogen-bond acceptors (Lipinski definition) is 4. The minimum Gasteiger partial charge on any atom is -0.497 e. The molecule has 2 amide bonds. The normalized spacial score (nSPS) is 16.1. The number of ether oxygens (including phenoxy) is 2. The molecule has 1 N–H and O–H groups in total. The van der Waals surface area contributed by atoms with Crippen molar-refractivity contribution >= 4 is 17.5 Å². The van der Waals surface area contributed by atoms with Crippen LogP contribution in [0.2, 0.25) is 0 Å². The molecular weight excluding hydrogens is 356 g/mol. The first-order valence-electron chi connectivity index (χ1n) is 9.46. The van der Waals surface area contributed by atoms with Crippen LogP contribution in [0.4, 0.5) is 5.69 Å². The number of carbonyl (C=O) groups is 2. The Morgan fingerprint density at radius 2 is 1.89 bits per heavy atom. The van der Waals surface area contributed by atoms with Gasteiger partial charge in [0.15, 0.2) is 0 Å². The molecule has 28 heavy (non-hydrogen) atoms. The lowest BCUT2D eigenvalue weighted by Gasteiger charge is -2.24. The fourth-order valence-corrected chi connectivity index (χ4v) is 3.44. The van der Waals surface area contributed by atoms with Gasteiger partial charge in [0.05, 0.1) is 20.1 Å². The highest BCUT2D eigenvalue weighted by Gasteiger charge is 2.33. The number of amides is 2. The summed E-state index contributed by atoms with van der Waals surface area (Å²) in [6.45, 7) is 0.991. The Bertz CT molecular complexity index is 820. The van der Waals surface area contributed by atoms with E-state index in [1.165, 1.54) is 0 Å². The first kappa shape index (κ1) is 19.9. The maximum atomic E-state index is 12.7. The third-order valence-corrected chi connectivity index (χ3v) is 4.95. The molecule has 0 aliphatic carbocycles. The Morgan fingerprint density at radius 1 is 1.11 bits per heavy atom. The van der Waals surface area contributed by atoms with Gasteiger partial charge < -0.3 is 19.7 Å². The molecule has 0 saturated carbocycles. The van der Waals surface area contributed by atoms with E-state index in [-0.39, 0.29) is 11.8 Å². The van der Waals surface area contributed by atoms with Crippen molar-refractivity contribution in [2.24, 2.45) is 0 Å². The van der Waals surface area contributed by atoms with Crippen molar-refractivity contribution in [2.45, 2.75) is 25.3 Å². The van der Waals surface area contributed by atoms with Gasteiger partial charge in [-0.25, -0.2) is 0 Å². The van der Waals surface area contributed by atoms with E-state index in [0.29, 0.717) is 31.7 Å². The maximum absolute atomic E-state index is 12.7. The number of carbonyl (C=O) groups excluding carboxylic acids is 2. The largest absolute Gasteiger partial charge is 0.497 e. The molecule has 0 unspecified atom stereocenters. The summed E-state index contributed by atoms with van der Waals surface area (Å²) in [6.07, 6.45) is 1.83. The Kier molecular flexibility index (Phi) is 6.66. The van der Waals surface area contributed by atoms with Crippen LogP contribution < -0.4 is 10.1 Å². The summed E-state index contributed by atoms with van der Waals surface area (Å²) in [7, 11) is 3.21. The zero-order valence-electron chi connectivity index (χ0n) is 16.3. The number of rotatable bonds is 7. The Labute approximate surface area is 165 Å². The first-order chi connectivity index (χ1) is 13.6. The standard InChI is InChI=1S/C22H26N2O4/c1-27-14-12-21(25)24-13-4-7-20(24)22(26)23-18-10-8-16(9-11-18)17-5-3-6-19(15-17)28-2/h3,5-6,8-11,15,20H,4,7,12-14H2,1-2H3,(H,23,26)/t20-/m0/s1. The predicted molar refractivity (Wildman–Crippen MR) is 108 cm³/mol. The van der Waals surface area contributed by atoms with Crippen LogP contribution in [0.5, 0.6) is 5.75 Å². The average molecular weight is 382 g/mol. The molecule has 0 radical (unpaired) electrons. The van der Waals surface area contributed by atoms with Crippen molar-refractivity contribution in [3.63, 3.8) is 0 Å². The molecule has 1 heterocycles. The summed E-state index contributed by atoms with van der Waals surface area (Å²) >= 11 is 0. The summed E-state index contributed by atoms with van der Waals surface area (Å²) in [5, 5.41) is 2.94. The molecule has 0 spiro atoms. The number of nitrogens with zero attached hydrogens (tertiary/aromatic N) is 1. The molecule has 2 aromatic carbocycles. The van der Waals surface area contributed by atoms with Crippen molar-refractivity contribution in [3.05, 3.63) is 48.5 Å². The van der Waals surface area contributed by atoms with E-state index in [9.17, 15) is 9.59 Å². The monoisotopic (exact) mass is 382 g/mol. The molecule has 1 aliphatic rings. The fourth-order valence-electron chi connectivity index (χ4n) is 3.44. The van der Waals surface area contributed by atoms with Crippen molar-refractivity contribution < 1.29 is 19.1 Å². The number of likely N-dealkylation sites (tertiary alicyclic amines) is 1. The summed E-state index contributed by atoms with van der Waals surface area (Å²) in [5.74, 6) is 0.625. The highest BCUT2D eigenvalue weighted by Crippen LogP contribution is 2.26. The quantitative estimate of drug-likeness (QED) is 0.798. The van der Waals surface area contributed by atoms with Gasteiger partial charge in [-0.3, -0.25) is 9.59 Å². The van der Waals surface area contributed by atoms with Crippen LogP contribution in [0.3, 0.4) is 0 Å². The lowest BCUT2D eigenvalue weighted by molar-refractivity contribution is -0.137. The maximum Gasteiger partial charge on any atom is 0.247 e. The fraction of sp³-hybridized carbons (Fsp3) is 0.364. The lowest BCUT2D eigenvalue weighted by atomic mass is 10.0. The number of benzene rings is 2. The Balaban J connectivity index is 1.64. The van der Waals surface area contributed by atoms with Crippen molar-refractivity contribution in [3.8, 4) is 16.9 Å². The van der Waals surface area contributed by atoms with E-state index in [1.54, 1.807) is 19.1 Å². The van der Waals surface area contributed by atoms with Crippen molar-refractivity contribution in [1.82, 2.24) is 4.90 Å². The summed E-state index contributed by atoms with van der Waals surface area (Å²) in [5.41, 5.74) is 2.80. The zero-order chi connectivity index (χ0) is 19.9. The Hall–Kier alpha value is -2.86. The van der Waals surface area contributed by atoms with Crippen LogP contribution in [0, 0.1) is 0 Å². The van der Waals surface area contributed by atoms with Gasteiger partial charge in [0.2, 0.25) is 11.8 Å². The average Bonchev–Trinajstić information content (AvgIpc) is 3.23. The SMILES string of the molecule is COCCC(=O)N1CCC[C@H]1C(=O)Nc1ccc(-c2cccc(OC)c2)cc1. The van der Waals surface area contributed by atoms with Crippen LogP contribution in [-0.4, -0.2) is 50.1 Å². The highest BCUT2D eigenvalue weighted by atomic mass is 16.5. The van der Waals surface area contributed by atoms with Crippen molar-refractivity contribution in [1.29, 1.82) is 0 Å². The second-order valence-corrected chi connectivity index (χ2v) is 6.79. The summed E-state index contributed by atoms with van der Waals surface area (Å²) < 4.78 is 10.2. The second-order valence-electron chi connectivity index (χ2n) is 6.79. The smallest absolute Gasteiger partial charge is 0.247 e. The van der Waals surface area contributed by atoms with Gasteiger partial charge >= 0.3 is 0 Å². The van der Waals surface area contributed by atoms with E-state index in [2.05, 4.69) is 5.32 Å². The number of anilines is 1. The third-order valence-electron chi connectivity index (χ3n) is 4.95. The van der Waals surface area contributed by atoms with Crippen LogP contribution >= 0.6 is 0 Å². The molecule has 1 saturated heterocycles. The molecule has 6 heteroatoms. The topological polar surface area (TPSA) is 67.9 Å². The molecule has 6 nitrogen and oxygen atoms in total. The van der Waals surface area contributed by atoms with E-state index in [1.807, 2.05) is 48.5 Å². The molecule has 0 bridgehead atoms. The van der Waals surface area contributed by atoms with Crippen molar-refractivity contribution in [2.75, 3.05) is 32.7 Å². The Morgan fingerprint density at radius 3 is 2.61 bits per heavy atom. The zero-order valence-corrected chi connectivity index (χ0v) is 16.3. The molecular formula is C22H26N2O4. The minimum absolute atomic E-state index is 0.0344. The van der Waals surface area contributed by atoms with Gasteiger partial charge in [-0.1, -0.05) is 24.3 Å². The van der Waals surface area contributed by atoms with E-state index in [4.69, 9.17) is 9.47 Å². The van der Waals surface area contributed by atoms with E-state index >= 15 is 0 Å². The molecule has 1 aliphatic heterocycles. The second kappa shape index (κ2) is 9.37. The van der Waals surface area contributed by atoms with Crippen LogP contribution in [0.25, 0.3) is 11.1 Å². The van der Waals surface area contributed by atoms with E-state index in [0.717, 1.165) is 23.3 Å². The molecule has 148 valence electrons. The van der Waals surface area contributed by atoms with Gasteiger partial charge in [-0.2, -0.15) is 0 Å². The van der Waals surface area contributed by atoms with Gasteiger partial charge in [0.25, 0.3) is 0 Å². The lowest BCUT2D eigenvalue weighted by Crippen LogP contribution is -2.43. The number of hydrogen-bond donors (Lipinski definition) is 1. The van der Waals surface area contributed by atoms with Gasteiger partial charge in [0.1, 0.15) is 11.8 Å². The van der Waals surface area contributed by atoms with E-state index < -0.39 is 6.04 Å². The predicted octanol–water partition coefficient (Wildman–Crippen LogP) is 3.33. The third kappa shape index (κ3) is 4.70. The minimum atomic E-state index is -0.414.